The Balaban J connectivity index is 1.71. The van der Waals surface area contributed by atoms with Gasteiger partial charge in [0, 0.05) is 37.6 Å². The SMILES string of the molecule is CC1(C)CN(c2ncc(C3CCC3)cn2)CCN1. The van der Waals surface area contributed by atoms with Gasteiger partial charge in [-0.3, -0.25) is 0 Å². The molecule has 1 saturated heterocycles. The Kier molecular flexibility index (Phi) is 2.98. The molecule has 2 fully saturated rings. The monoisotopic (exact) mass is 246 g/mol. The van der Waals surface area contributed by atoms with Crippen molar-refractivity contribution in [2.45, 2.75) is 44.6 Å². The molecule has 0 radical (unpaired) electrons. The summed E-state index contributed by atoms with van der Waals surface area (Å²) in [5.74, 6) is 1.60. The summed E-state index contributed by atoms with van der Waals surface area (Å²) in [4.78, 5) is 11.4. The zero-order valence-corrected chi connectivity index (χ0v) is 11.3. The summed E-state index contributed by atoms with van der Waals surface area (Å²) in [5.41, 5.74) is 1.47. The average Bonchev–Trinajstić information content (AvgIpc) is 2.26. The summed E-state index contributed by atoms with van der Waals surface area (Å²) >= 11 is 0. The summed E-state index contributed by atoms with van der Waals surface area (Å²) < 4.78 is 0. The Morgan fingerprint density at radius 1 is 1.28 bits per heavy atom. The highest BCUT2D eigenvalue weighted by atomic mass is 15.3. The van der Waals surface area contributed by atoms with Crippen LogP contribution in [-0.2, 0) is 0 Å². The maximum absolute atomic E-state index is 4.56. The van der Waals surface area contributed by atoms with E-state index in [0.29, 0.717) is 0 Å². The van der Waals surface area contributed by atoms with Crippen molar-refractivity contribution in [1.82, 2.24) is 15.3 Å². The van der Waals surface area contributed by atoms with Crippen molar-refractivity contribution in [2.24, 2.45) is 0 Å². The van der Waals surface area contributed by atoms with Crippen LogP contribution in [0.5, 0.6) is 0 Å². The van der Waals surface area contributed by atoms with Crippen LogP contribution < -0.4 is 10.2 Å². The van der Waals surface area contributed by atoms with Gasteiger partial charge >= 0.3 is 0 Å². The lowest BCUT2D eigenvalue weighted by molar-refractivity contribution is 0.350. The van der Waals surface area contributed by atoms with Crippen LogP contribution in [0.15, 0.2) is 12.4 Å². The first-order valence-corrected chi connectivity index (χ1v) is 6.96. The van der Waals surface area contributed by atoms with Gasteiger partial charge in [0.2, 0.25) is 5.95 Å². The van der Waals surface area contributed by atoms with E-state index in [2.05, 4.69) is 34.0 Å². The van der Waals surface area contributed by atoms with Gasteiger partial charge in [-0.1, -0.05) is 6.42 Å². The number of aromatic nitrogens is 2. The van der Waals surface area contributed by atoms with E-state index in [-0.39, 0.29) is 5.54 Å². The maximum Gasteiger partial charge on any atom is 0.225 e. The number of hydrogen-bond acceptors (Lipinski definition) is 4. The van der Waals surface area contributed by atoms with Gasteiger partial charge < -0.3 is 10.2 Å². The van der Waals surface area contributed by atoms with Gasteiger partial charge in [0.15, 0.2) is 0 Å². The molecule has 0 amide bonds. The summed E-state index contributed by atoms with van der Waals surface area (Å²) in [6.45, 7) is 7.41. The average molecular weight is 246 g/mol. The number of nitrogens with zero attached hydrogens (tertiary/aromatic N) is 3. The highest BCUT2D eigenvalue weighted by Gasteiger charge is 2.27. The Labute approximate surface area is 109 Å². The first-order valence-electron chi connectivity index (χ1n) is 6.96. The molecule has 0 spiro atoms. The minimum absolute atomic E-state index is 0.147. The fourth-order valence-electron chi connectivity index (χ4n) is 2.76. The zero-order valence-electron chi connectivity index (χ0n) is 11.3. The van der Waals surface area contributed by atoms with E-state index in [9.17, 15) is 0 Å². The minimum Gasteiger partial charge on any atom is -0.338 e. The van der Waals surface area contributed by atoms with E-state index in [1.165, 1.54) is 24.8 Å². The highest BCUT2D eigenvalue weighted by molar-refractivity contribution is 5.33. The molecule has 3 rings (SSSR count). The van der Waals surface area contributed by atoms with Gasteiger partial charge in [0.1, 0.15) is 0 Å². The van der Waals surface area contributed by atoms with Crippen LogP contribution in [0, 0.1) is 0 Å². The van der Waals surface area contributed by atoms with Crippen molar-refractivity contribution in [3.05, 3.63) is 18.0 Å². The third-order valence-corrected chi connectivity index (χ3v) is 4.09. The first-order chi connectivity index (χ1) is 8.64. The van der Waals surface area contributed by atoms with Crippen molar-refractivity contribution in [3.8, 4) is 0 Å². The van der Waals surface area contributed by atoms with Gasteiger partial charge in [-0.25, -0.2) is 9.97 Å². The summed E-state index contributed by atoms with van der Waals surface area (Å²) in [5, 5.41) is 3.51. The molecule has 4 nitrogen and oxygen atoms in total. The molecule has 1 N–H and O–H groups in total. The van der Waals surface area contributed by atoms with Gasteiger partial charge in [-0.05, 0) is 38.2 Å². The lowest BCUT2D eigenvalue weighted by Crippen LogP contribution is -2.57. The van der Waals surface area contributed by atoms with E-state index >= 15 is 0 Å². The summed E-state index contributed by atoms with van der Waals surface area (Å²) in [6.07, 6.45) is 8.04. The number of hydrogen-bond donors (Lipinski definition) is 1. The summed E-state index contributed by atoms with van der Waals surface area (Å²) in [7, 11) is 0. The molecule has 1 saturated carbocycles. The Hall–Kier alpha value is -1.16. The van der Waals surface area contributed by atoms with Crippen LogP contribution in [-0.4, -0.2) is 35.1 Å². The minimum atomic E-state index is 0.147. The van der Waals surface area contributed by atoms with Crippen LogP contribution in [0.4, 0.5) is 5.95 Å². The van der Waals surface area contributed by atoms with E-state index in [4.69, 9.17) is 0 Å². The van der Waals surface area contributed by atoms with Crippen molar-refractivity contribution in [3.63, 3.8) is 0 Å². The predicted octanol–water partition coefficient (Wildman–Crippen LogP) is 1.93. The van der Waals surface area contributed by atoms with Crippen LogP contribution in [0.25, 0.3) is 0 Å². The quantitative estimate of drug-likeness (QED) is 0.865. The van der Waals surface area contributed by atoms with Crippen LogP contribution in [0.3, 0.4) is 0 Å². The molecular formula is C14H22N4. The Morgan fingerprint density at radius 3 is 2.56 bits per heavy atom. The molecule has 0 atom stereocenters. The molecule has 0 bridgehead atoms. The number of anilines is 1. The molecule has 1 aliphatic heterocycles. The lowest BCUT2D eigenvalue weighted by Gasteiger charge is -2.39. The normalized spacial score (nSPS) is 23.8. The molecule has 1 aromatic rings. The van der Waals surface area contributed by atoms with Crippen LogP contribution >= 0.6 is 0 Å². The second-order valence-electron chi connectivity index (χ2n) is 6.18. The second-order valence-corrected chi connectivity index (χ2v) is 6.18. The number of rotatable bonds is 2. The van der Waals surface area contributed by atoms with E-state index in [0.717, 1.165) is 31.5 Å². The molecule has 98 valence electrons. The predicted molar refractivity (Wildman–Crippen MR) is 72.9 cm³/mol. The van der Waals surface area contributed by atoms with E-state index in [1.807, 2.05) is 12.4 Å². The second kappa shape index (κ2) is 4.50. The maximum atomic E-state index is 4.56. The Bertz CT molecular complexity index is 408. The lowest BCUT2D eigenvalue weighted by atomic mass is 9.81. The zero-order chi connectivity index (χ0) is 12.6. The molecule has 2 heterocycles. The van der Waals surface area contributed by atoms with Crippen LogP contribution in [0.2, 0.25) is 0 Å². The van der Waals surface area contributed by atoms with Gasteiger partial charge in [0.25, 0.3) is 0 Å². The Morgan fingerprint density at radius 2 is 2.00 bits per heavy atom. The molecule has 0 unspecified atom stereocenters. The molecule has 1 aliphatic carbocycles. The third-order valence-electron chi connectivity index (χ3n) is 4.09. The smallest absolute Gasteiger partial charge is 0.225 e. The molecule has 0 aromatic carbocycles. The molecule has 18 heavy (non-hydrogen) atoms. The van der Waals surface area contributed by atoms with E-state index < -0.39 is 0 Å². The van der Waals surface area contributed by atoms with Crippen molar-refractivity contribution >= 4 is 5.95 Å². The van der Waals surface area contributed by atoms with Crippen LogP contribution in [0.1, 0.15) is 44.6 Å². The van der Waals surface area contributed by atoms with Crippen molar-refractivity contribution in [2.75, 3.05) is 24.5 Å². The third kappa shape index (κ3) is 2.34. The number of piperazine rings is 1. The fraction of sp³-hybridized carbons (Fsp3) is 0.714. The molecule has 1 aromatic heterocycles. The standard InChI is InChI=1S/C14H22N4/c1-14(2)10-18(7-6-17-14)13-15-8-12(9-16-13)11-4-3-5-11/h8-9,11,17H,3-7,10H2,1-2H3. The van der Waals surface area contributed by atoms with Gasteiger partial charge in [-0.2, -0.15) is 0 Å². The van der Waals surface area contributed by atoms with E-state index in [1.54, 1.807) is 0 Å². The molecular weight excluding hydrogens is 224 g/mol. The summed E-state index contributed by atoms with van der Waals surface area (Å²) in [6, 6.07) is 0. The molecule has 4 heteroatoms. The topological polar surface area (TPSA) is 41.1 Å². The fourth-order valence-corrected chi connectivity index (χ4v) is 2.76. The van der Waals surface area contributed by atoms with Gasteiger partial charge in [0.05, 0.1) is 0 Å². The highest BCUT2D eigenvalue weighted by Crippen LogP contribution is 2.35. The molecule has 2 aliphatic rings. The first kappa shape index (κ1) is 11.9. The van der Waals surface area contributed by atoms with Crippen molar-refractivity contribution in [1.29, 1.82) is 0 Å². The number of nitrogens with one attached hydrogen (secondary N) is 1. The largest absolute Gasteiger partial charge is 0.338 e. The van der Waals surface area contributed by atoms with Gasteiger partial charge in [-0.15, -0.1) is 0 Å². The van der Waals surface area contributed by atoms with Crippen molar-refractivity contribution < 1.29 is 0 Å².